The zero-order chi connectivity index (χ0) is 22.1. The molecule has 1 amide bonds. The number of aromatic amines is 1. The van der Waals surface area contributed by atoms with Crippen LogP contribution in [0.5, 0.6) is 5.75 Å². The predicted octanol–water partition coefficient (Wildman–Crippen LogP) is 1.05. The van der Waals surface area contributed by atoms with Crippen LogP contribution in [0.2, 0.25) is 0 Å². The van der Waals surface area contributed by atoms with E-state index < -0.39 is 5.82 Å². The Morgan fingerprint density at radius 1 is 1.25 bits per heavy atom. The second-order valence-corrected chi connectivity index (χ2v) is 11.1. The Balaban J connectivity index is 1.73. The van der Waals surface area contributed by atoms with E-state index in [1.54, 1.807) is 24.5 Å². The van der Waals surface area contributed by atoms with Crippen molar-refractivity contribution >= 4 is 23.0 Å². The molecule has 4 heterocycles. The van der Waals surface area contributed by atoms with Gasteiger partial charge in [0.1, 0.15) is 0 Å². The molecule has 4 N–H and O–H groups in total. The van der Waals surface area contributed by atoms with Gasteiger partial charge < -0.3 is 0 Å². The fraction of sp³-hybridized carbons (Fsp3) is 0.304. The molecule has 0 saturated carbocycles. The molecule has 0 spiro atoms. The zero-order valence-corrected chi connectivity index (χ0v) is 19.8. The van der Waals surface area contributed by atoms with Gasteiger partial charge in [0.05, 0.1) is 0 Å². The Labute approximate surface area is 195 Å². The molecule has 0 unspecified atom stereocenters. The number of pyridine rings is 1. The number of carbonyl (C=O) groups excluding carboxylic acids is 1. The normalized spacial score (nSPS) is 18.1. The first kappa shape index (κ1) is 21.0. The number of H-pyrrole nitrogens is 1. The summed E-state index contributed by atoms with van der Waals surface area (Å²) in [6.07, 6.45) is 5.80. The van der Waals surface area contributed by atoms with Crippen LogP contribution in [-0.4, -0.2) is 40.5 Å². The standard InChI is InChI=1S/C23H24FIN5O2/c1-32-22-14(24)5-4-6-16(22)29-21-18-20-15(11-28-23(18)31)25-8-2-3-9-27-17-12-26-10-7-13(17)19(21)30-20/h4-7,10,12,15,27,29-30H,2-3,8-9,11H2,1H3,(H,28,31)/q-1/t15-/m1/s1. The Hall–Kier alpha value is -2.82. The van der Waals surface area contributed by atoms with Crippen molar-refractivity contribution in [1.29, 1.82) is 0 Å². The Kier molecular flexibility index (Phi) is 5.90. The first-order valence-electron chi connectivity index (χ1n) is 10.6. The van der Waals surface area contributed by atoms with Gasteiger partial charge >= 0.3 is 196 Å². The van der Waals surface area contributed by atoms with Crippen LogP contribution in [0.25, 0.3) is 11.3 Å². The van der Waals surface area contributed by atoms with E-state index in [2.05, 4.69) is 25.9 Å². The second kappa shape index (κ2) is 8.97. The maximum absolute atomic E-state index is 14.4. The number of fused-ring (bicyclic) bond motifs is 3. The molecule has 2 aliphatic rings. The number of amides is 1. The van der Waals surface area contributed by atoms with E-state index in [1.807, 2.05) is 6.07 Å². The average Bonchev–Trinajstić information content (AvgIpc) is 3.17. The molecule has 2 aromatic heterocycles. The average molecular weight is 548 g/mol. The molecule has 1 aromatic carbocycles. The molecule has 7 nitrogen and oxygen atoms in total. The molecular weight excluding hydrogens is 524 g/mol. The van der Waals surface area contributed by atoms with Crippen LogP contribution >= 0.6 is 0 Å². The summed E-state index contributed by atoms with van der Waals surface area (Å²) in [5.41, 5.74) is 5.27. The van der Waals surface area contributed by atoms with E-state index >= 15 is 0 Å². The van der Waals surface area contributed by atoms with Gasteiger partial charge in [0.25, 0.3) is 0 Å². The Bertz CT molecular complexity index is 1170. The van der Waals surface area contributed by atoms with E-state index in [0.717, 1.165) is 42.0 Å². The number of hydrogen-bond donors (Lipinski definition) is 4. The van der Waals surface area contributed by atoms with E-state index in [-0.39, 0.29) is 32.9 Å². The van der Waals surface area contributed by atoms with E-state index in [1.165, 1.54) is 17.6 Å². The van der Waals surface area contributed by atoms with Gasteiger partial charge in [-0.15, -0.1) is 0 Å². The van der Waals surface area contributed by atoms with Crippen molar-refractivity contribution in [3.63, 3.8) is 0 Å². The summed E-state index contributed by atoms with van der Waals surface area (Å²) in [6.45, 7) is 1.52. The van der Waals surface area contributed by atoms with Gasteiger partial charge in [0, 0.05) is 0 Å². The number of rotatable bonds is 3. The number of alkyl halides is 2. The van der Waals surface area contributed by atoms with Crippen molar-refractivity contribution in [2.24, 2.45) is 0 Å². The molecule has 0 fully saturated rings. The predicted molar refractivity (Wildman–Crippen MR) is 118 cm³/mol. The summed E-state index contributed by atoms with van der Waals surface area (Å²) in [4.78, 5) is 20.9. The van der Waals surface area contributed by atoms with Gasteiger partial charge in [-0.1, -0.05) is 0 Å². The van der Waals surface area contributed by atoms with Crippen molar-refractivity contribution in [3.05, 3.63) is 53.7 Å². The number of aromatic nitrogens is 2. The SMILES string of the molecule is COc1c(F)cccc1Nc1c2[nH]c3c1C(=O)NC[C@H]3[I-]CCCCNc1cnccc1-2. The quantitative estimate of drug-likeness (QED) is 0.290. The van der Waals surface area contributed by atoms with Crippen LogP contribution < -0.4 is 41.9 Å². The van der Waals surface area contributed by atoms with Gasteiger partial charge in [-0.2, -0.15) is 0 Å². The van der Waals surface area contributed by atoms with Crippen molar-refractivity contribution in [3.8, 4) is 17.0 Å². The molecule has 9 heteroatoms. The Morgan fingerprint density at radius 2 is 2.16 bits per heavy atom. The number of nitrogens with one attached hydrogen (secondary N) is 4. The molecule has 32 heavy (non-hydrogen) atoms. The number of para-hydroxylation sites is 1. The number of carbonyl (C=O) groups is 1. The van der Waals surface area contributed by atoms with Gasteiger partial charge in [-0.05, 0) is 0 Å². The van der Waals surface area contributed by atoms with Crippen LogP contribution in [0.3, 0.4) is 0 Å². The summed E-state index contributed by atoms with van der Waals surface area (Å²) in [5.74, 6) is -0.479. The summed E-state index contributed by atoms with van der Waals surface area (Å²) < 4.78 is 21.2. The van der Waals surface area contributed by atoms with Gasteiger partial charge in [0.15, 0.2) is 0 Å². The van der Waals surface area contributed by atoms with Crippen molar-refractivity contribution in [1.82, 2.24) is 15.3 Å². The van der Waals surface area contributed by atoms with Crippen molar-refractivity contribution in [2.45, 2.75) is 16.8 Å². The molecule has 3 aromatic rings. The number of hydrogen-bond acceptors (Lipinski definition) is 5. The van der Waals surface area contributed by atoms with Crippen LogP contribution in [0.15, 0.2) is 36.7 Å². The second-order valence-electron chi connectivity index (χ2n) is 7.69. The first-order chi connectivity index (χ1) is 15.7. The first-order valence-corrected chi connectivity index (χ1v) is 13.3. The third-order valence-electron chi connectivity index (χ3n) is 5.70. The van der Waals surface area contributed by atoms with Crippen LogP contribution in [0.4, 0.5) is 21.5 Å². The molecule has 168 valence electrons. The Morgan fingerprint density at radius 3 is 3.03 bits per heavy atom. The fourth-order valence-corrected chi connectivity index (χ4v) is 7.35. The minimum absolute atomic E-state index is 0.111. The van der Waals surface area contributed by atoms with E-state index in [4.69, 9.17) is 4.74 Å². The van der Waals surface area contributed by atoms with Gasteiger partial charge in [0.2, 0.25) is 0 Å². The van der Waals surface area contributed by atoms with Crippen LogP contribution in [0.1, 0.15) is 32.8 Å². The number of nitrogens with zero attached hydrogens (tertiary/aromatic N) is 1. The summed E-state index contributed by atoms with van der Waals surface area (Å²) >= 11 is -0.140. The number of benzene rings is 1. The molecule has 2 bridgehead atoms. The molecular formula is C23H24FIN5O2-. The van der Waals surface area contributed by atoms with Crippen molar-refractivity contribution in [2.75, 3.05) is 35.3 Å². The summed E-state index contributed by atoms with van der Waals surface area (Å²) in [5, 5.41) is 9.89. The molecule has 0 saturated heterocycles. The number of anilines is 3. The van der Waals surface area contributed by atoms with Crippen molar-refractivity contribution < 1.29 is 35.1 Å². The zero-order valence-electron chi connectivity index (χ0n) is 17.6. The van der Waals surface area contributed by atoms with Crippen LogP contribution in [-0.2, 0) is 0 Å². The maximum atomic E-state index is 14.4. The topological polar surface area (TPSA) is 91.1 Å². The summed E-state index contributed by atoms with van der Waals surface area (Å²) in [6, 6.07) is 6.65. The van der Waals surface area contributed by atoms with Gasteiger partial charge in [-0.3, -0.25) is 0 Å². The monoisotopic (exact) mass is 548 g/mol. The van der Waals surface area contributed by atoms with E-state index in [9.17, 15) is 9.18 Å². The molecule has 5 rings (SSSR count). The molecule has 2 aliphatic heterocycles. The van der Waals surface area contributed by atoms with Crippen LogP contribution in [0, 0.1) is 5.82 Å². The number of ether oxygens (including phenoxy) is 1. The van der Waals surface area contributed by atoms with E-state index in [0.29, 0.717) is 27.4 Å². The number of methoxy groups -OCH3 is 1. The minimum atomic E-state index is -0.464. The third kappa shape index (κ3) is 3.78. The fourth-order valence-electron chi connectivity index (χ4n) is 4.18. The molecule has 1 atom stereocenters. The van der Waals surface area contributed by atoms with Gasteiger partial charge in [-0.25, -0.2) is 0 Å². The third-order valence-corrected chi connectivity index (χ3v) is 9.22. The number of halogens is 2. The molecule has 0 aliphatic carbocycles. The summed E-state index contributed by atoms with van der Waals surface area (Å²) in [7, 11) is 1.44. The molecule has 0 radical (unpaired) electrons.